The van der Waals surface area contributed by atoms with Gasteiger partial charge in [0.15, 0.2) is 5.82 Å². The number of rotatable bonds is 3. The molecule has 0 amide bonds. The standard InChI is InChI=1S/C11H8BrClFN3O2S/c12-6-1-4-9(14)8(5-6)10-15-16-11(20(13,18)19)17(10)7-2-3-7/h1,4-5,7H,2-3H2. The van der Waals surface area contributed by atoms with Gasteiger partial charge in [-0.3, -0.25) is 4.57 Å². The van der Waals surface area contributed by atoms with Crippen molar-refractivity contribution < 1.29 is 12.8 Å². The summed E-state index contributed by atoms with van der Waals surface area (Å²) in [5, 5.41) is 7.07. The minimum atomic E-state index is -4.02. The summed E-state index contributed by atoms with van der Waals surface area (Å²) >= 11 is 3.25. The van der Waals surface area contributed by atoms with E-state index in [2.05, 4.69) is 26.1 Å². The first-order chi connectivity index (χ1) is 9.38. The fraction of sp³-hybridized carbons (Fsp3) is 0.273. The first-order valence-corrected chi connectivity index (χ1v) is 8.83. The van der Waals surface area contributed by atoms with Gasteiger partial charge >= 0.3 is 0 Å². The minimum Gasteiger partial charge on any atom is -0.294 e. The maximum absolute atomic E-state index is 13.9. The van der Waals surface area contributed by atoms with Crippen LogP contribution in [0.2, 0.25) is 0 Å². The lowest BCUT2D eigenvalue weighted by Gasteiger charge is -2.08. The van der Waals surface area contributed by atoms with Crippen molar-refractivity contribution in [3.05, 3.63) is 28.5 Å². The Morgan fingerprint density at radius 1 is 1.35 bits per heavy atom. The van der Waals surface area contributed by atoms with E-state index in [-0.39, 0.29) is 22.6 Å². The van der Waals surface area contributed by atoms with Gasteiger partial charge in [-0.2, -0.15) is 0 Å². The van der Waals surface area contributed by atoms with Gasteiger partial charge in [0.1, 0.15) is 5.82 Å². The molecule has 3 rings (SSSR count). The molecule has 1 heterocycles. The summed E-state index contributed by atoms with van der Waals surface area (Å²) in [6.45, 7) is 0. The molecule has 0 bridgehead atoms. The monoisotopic (exact) mass is 379 g/mol. The minimum absolute atomic E-state index is 0.0538. The van der Waals surface area contributed by atoms with E-state index in [1.807, 2.05) is 0 Å². The van der Waals surface area contributed by atoms with E-state index in [0.717, 1.165) is 12.8 Å². The van der Waals surface area contributed by atoms with Gasteiger partial charge in [0, 0.05) is 21.2 Å². The van der Waals surface area contributed by atoms with E-state index in [1.165, 1.54) is 16.7 Å². The van der Waals surface area contributed by atoms with E-state index in [1.54, 1.807) is 6.07 Å². The molecule has 0 N–H and O–H groups in total. The summed E-state index contributed by atoms with van der Waals surface area (Å²) in [6, 6.07) is 4.31. The molecule has 0 saturated heterocycles. The van der Waals surface area contributed by atoms with Gasteiger partial charge in [0.25, 0.3) is 14.2 Å². The van der Waals surface area contributed by atoms with Crippen LogP contribution in [0, 0.1) is 5.82 Å². The van der Waals surface area contributed by atoms with Crippen molar-refractivity contribution in [3.63, 3.8) is 0 Å². The third-order valence-corrected chi connectivity index (χ3v) is 4.59. The number of halogens is 3. The lowest BCUT2D eigenvalue weighted by Crippen LogP contribution is -2.06. The molecular weight excluding hydrogens is 373 g/mol. The molecule has 0 aliphatic heterocycles. The zero-order valence-electron chi connectivity index (χ0n) is 9.92. The Morgan fingerprint density at radius 3 is 2.65 bits per heavy atom. The van der Waals surface area contributed by atoms with E-state index >= 15 is 0 Å². The Hall–Kier alpha value is -0.990. The Bertz CT molecular complexity index is 789. The lowest BCUT2D eigenvalue weighted by atomic mass is 10.2. The van der Waals surface area contributed by atoms with Crippen LogP contribution in [0.25, 0.3) is 11.4 Å². The molecule has 0 atom stereocenters. The summed E-state index contributed by atoms with van der Waals surface area (Å²) in [6.07, 6.45) is 1.58. The van der Waals surface area contributed by atoms with Crippen molar-refractivity contribution in [2.24, 2.45) is 0 Å². The SMILES string of the molecule is O=S(=O)(Cl)c1nnc(-c2cc(Br)ccc2F)n1C1CC1. The topological polar surface area (TPSA) is 64.8 Å². The van der Waals surface area contributed by atoms with Crippen LogP contribution in [0.1, 0.15) is 18.9 Å². The highest BCUT2D eigenvalue weighted by Crippen LogP contribution is 2.41. The normalized spacial score (nSPS) is 15.6. The summed E-state index contributed by atoms with van der Waals surface area (Å²) in [5.41, 5.74) is 0.186. The second kappa shape index (κ2) is 4.78. The highest BCUT2D eigenvalue weighted by Gasteiger charge is 2.34. The van der Waals surface area contributed by atoms with E-state index in [4.69, 9.17) is 10.7 Å². The van der Waals surface area contributed by atoms with Crippen molar-refractivity contribution in [1.82, 2.24) is 14.8 Å². The molecule has 0 unspecified atom stereocenters. The van der Waals surface area contributed by atoms with E-state index < -0.39 is 14.9 Å². The fourth-order valence-corrected chi connectivity index (χ4v) is 3.24. The van der Waals surface area contributed by atoms with Crippen molar-refractivity contribution in [2.45, 2.75) is 24.0 Å². The van der Waals surface area contributed by atoms with Gasteiger partial charge in [-0.05, 0) is 31.0 Å². The zero-order chi connectivity index (χ0) is 14.5. The van der Waals surface area contributed by atoms with Crippen LogP contribution in [0.4, 0.5) is 4.39 Å². The Morgan fingerprint density at radius 2 is 2.05 bits per heavy atom. The maximum Gasteiger partial charge on any atom is 0.296 e. The molecule has 1 aromatic carbocycles. The van der Waals surface area contributed by atoms with Crippen LogP contribution >= 0.6 is 26.6 Å². The average molecular weight is 381 g/mol. The Labute approximate surface area is 127 Å². The molecule has 5 nitrogen and oxygen atoms in total. The largest absolute Gasteiger partial charge is 0.296 e. The zero-order valence-corrected chi connectivity index (χ0v) is 13.1. The number of hydrogen-bond donors (Lipinski definition) is 0. The van der Waals surface area contributed by atoms with E-state index in [9.17, 15) is 12.8 Å². The first-order valence-electron chi connectivity index (χ1n) is 5.73. The molecule has 1 aliphatic rings. The molecular formula is C11H8BrClFN3O2S. The van der Waals surface area contributed by atoms with Crippen molar-refractivity contribution >= 4 is 35.7 Å². The number of benzene rings is 1. The second-order valence-corrected chi connectivity index (χ2v) is 7.84. The summed E-state index contributed by atoms with van der Waals surface area (Å²) in [5.74, 6) is -0.327. The summed E-state index contributed by atoms with van der Waals surface area (Å²) < 4.78 is 39.0. The molecule has 9 heteroatoms. The smallest absolute Gasteiger partial charge is 0.294 e. The molecule has 1 saturated carbocycles. The molecule has 0 spiro atoms. The number of hydrogen-bond acceptors (Lipinski definition) is 4. The van der Waals surface area contributed by atoms with E-state index in [0.29, 0.717) is 4.47 Å². The molecule has 1 aromatic heterocycles. The molecule has 1 aliphatic carbocycles. The number of nitrogens with zero attached hydrogens (tertiary/aromatic N) is 3. The van der Waals surface area contributed by atoms with Crippen LogP contribution in [0.3, 0.4) is 0 Å². The highest BCUT2D eigenvalue weighted by atomic mass is 79.9. The fourth-order valence-electron chi connectivity index (χ4n) is 1.96. The van der Waals surface area contributed by atoms with Gasteiger partial charge in [-0.15, -0.1) is 10.2 Å². The van der Waals surface area contributed by atoms with Crippen LogP contribution < -0.4 is 0 Å². The molecule has 1 fully saturated rings. The summed E-state index contributed by atoms with van der Waals surface area (Å²) in [4.78, 5) is 0. The Balaban J connectivity index is 2.25. The quantitative estimate of drug-likeness (QED) is 0.768. The van der Waals surface area contributed by atoms with Gasteiger partial charge in [0.2, 0.25) is 0 Å². The number of aromatic nitrogens is 3. The lowest BCUT2D eigenvalue weighted by molar-refractivity contribution is 0.577. The van der Waals surface area contributed by atoms with Gasteiger partial charge in [-0.25, -0.2) is 12.8 Å². The van der Waals surface area contributed by atoms with Crippen LogP contribution in [-0.2, 0) is 9.05 Å². The van der Waals surface area contributed by atoms with Crippen molar-refractivity contribution in [2.75, 3.05) is 0 Å². The predicted molar refractivity (Wildman–Crippen MR) is 74.4 cm³/mol. The average Bonchev–Trinajstić information content (AvgIpc) is 3.09. The van der Waals surface area contributed by atoms with Crippen LogP contribution in [-0.4, -0.2) is 23.2 Å². The Kier molecular flexibility index (Phi) is 3.34. The van der Waals surface area contributed by atoms with Gasteiger partial charge in [-0.1, -0.05) is 15.9 Å². The first kappa shape index (κ1) is 14.0. The maximum atomic E-state index is 13.9. The van der Waals surface area contributed by atoms with Crippen LogP contribution in [0.5, 0.6) is 0 Å². The predicted octanol–water partition coefficient (Wildman–Crippen LogP) is 3.11. The third kappa shape index (κ3) is 2.47. The highest BCUT2D eigenvalue weighted by molar-refractivity contribution is 9.10. The van der Waals surface area contributed by atoms with Crippen molar-refractivity contribution in [3.8, 4) is 11.4 Å². The van der Waals surface area contributed by atoms with Crippen molar-refractivity contribution in [1.29, 1.82) is 0 Å². The summed E-state index contributed by atoms with van der Waals surface area (Å²) in [7, 11) is 1.33. The van der Waals surface area contributed by atoms with Crippen LogP contribution in [0.15, 0.2) is 27.8 Å². The molecule has 20 heavy (non-hydrogen) atoms. The molecule has 2 aromatic rings. The molecule has 106 valence electrons. The molecule has 0 radical (unpaired) electrons. The third-order valence-electron chi connectivity index (χ3n) is 2.96. The second-order valence-electron chi connectivity index (χ2n) is 4.47. The van der Waals surface area contributed by atoms with Gasteiger partial charge in [0.05, 0.1) is 5.56 Å². The van der Waals surface area contributed by atoms with Gasteiger partial charge < -0.3 is 0 Å².